The topological polar surface area (TPSA) is 46.2 Å². The van der Waals surface area contributed by atoms with Gasteiger partial charge in [0, 0.05) is 4.47 Å². The first-order valence-electron chi connectivity index (χ1n) is 6.64. The van der Waals surface area contributed by atoms with E-state index >= 15 is 0 Å². The SMILES string of the molecule is Brc1ccc2c(c1)OCCOCCOCCOCCO2. The first kappa shape index (κ1) is 15.6. The summed E-state index contributed by atoms with van der Waals surface area (Å²) < 4.78 is 28.5. The maximum Gasteiger partial charge on any atom is 0.162 e. The fourth-order valence-electron chi connectivity index (χ4n) is 1.68. The molecule has 0 N–H and O–H groups in total. The van der Waals surface area contributed by atoms with Crippen LogP contribution >= 0.6 is 15.9 Å². The van der Waals surface area contributed by atoms with Crippen LogP contribution in [-0.4, -0.2) is 52.9 Å². The van der Waals surface area contributed by atoms with Crippen molar-refractivity contribution in [2.75, 3.05) is 52.9 Å². The van der Waals surface area contributed by atoms with Gasteiger partial charge < -0.3 is 23.7 Å². The van der Waals surface area contributed by atoms with E-state index < -0.39 is 0 Å². The molecule has 0 aliphatic carbocycles. The Morgan fingerprint density at radius 3 is 1.75 bits per heavy atom. The molecule has 0 saturated heterocycles. The Balaban J connectivity index is 1.93. The Labute approximate surface area is 127 Å². The Morgan fingerprint density at radius 1 is 0.650 bits per heavy atom. The molecule has 5 nitrogen and oxygen atoms in total. The summed E-state index contributed by atoms with van der Waals surface area (Å²) in [6.07, 6.45) is 0. The molecule has 0 fully saturated rings. The molecule has 112 valence electrons. The third kappa shape index (κ3) is 5.66. The van der Waals surface area contributed by atoms with Crippen molar-refractivity contribution < 1.29 is 23.7 Å². The van der Waals surface area contributed by atoms with Gasteiger partial charge in [0.2, 0.25) is 0 Å². The van der Waals surface area contributed by atoms with Crippen LogP contribution in [0.5, 0.6) is 11.5 Å². The van der Waals surface area contributed by atoms with E-state index in [0.717, 1.165) is 4.47 Å². The summed E-state index contributed by atoms with van der Waals surface area (Å²) in [4.78, 5) is 0. The van der Waals surface area contributed by atoms with Crippen LogP contribution in [-0.2, 0) is 14.2 Å². The van der Waals surface area contributed by atoms with Gasteiger partial charge in [-0.2, -0.15) is 0 Å². The molecule has 0 saturated carbocycles. The fraction of sp³-hybridized carbons (Fsp3) is 0.571. The quantitative estimate of drug-likeness (QED) is 0.721. The number of hydrogen-bond acceptors (Lipinski definition) is 5. The van der Waals surface area contributed by atoms with Crippen LogP contribution in [0.15, 0.2) is 22.7 Å². The highest BCUT2D eigenvalue weighted by Gasteiger charge is 2.06. The van der Waals surface area contributed by atoms with Crippen molar-refractivity contribution in [3.8, 4) is 11.5 Å². The number of fused-ring (bicyclic) bond motifs is 1. The predicted molar refractivity (Wildman–Crippen MR) is 77.6 cm³/mol. The molecule has 0 amide bonds. The van der Waals surface area contributed by atoms with E-state index in [-0.39, 0.29) is 0 Å². The van der Waals surface area contributed by atoms with Crippen LogP contribution in [0.3, 0.4) is 0 Å². The van der Waals surface area contributed by atoms with Gasteiger partial charge in [-0.05, 0) is 18.2 Å². The van der Waals surface area contributed by atoms with Gasteiger partial charge in [-0.15, -0.1) is 0 Å². The lowest BCUT2D eigenvalue weighted by Gasteiger charge is -2.13. The third-order valence-corrected chi connectivity index (χ3v) is 3.11. The Kier molecular flexibility index (Phi) is 7.14. The molecular formula is C14H19BrO5. The zero-order valence-electron chi connectivity index (χ0n) is 11.3. The minimum Gasteiger partial charge on any atom is -0.487 e. The molecule has 1 aliphatic heterocycles. The normalized spacial score (nSPS) is 18.9. The van der Waals surface area contributed by atoms with E-state index in [9.17, 15) is 0 Å². The lowest BCUT2D eigenvalue weighted by molar-refractivity contribution is 0.00708. The maximum atomic E-state index is 5.68. The van der Waals surface area contributed by atoms with Crippen LogP contribution in [0, 0.1) is 0 Å². The van der Waals surface area contributed by atoms with Crippen LogP contribution in [0.1, 0.15) is 0 Å². The standard InChI is InChI=1S/C14H19BrO5/c15-12-1-2-13-14(11-12)20-10-8-18-6-4-16-3-5-17-7-9-19-13/h1-2,11H,3-10H2. The number of hydrogen-bond donors (Lipinski definition) is 0. The minimum absolute atomic E-state index is 0.476. The van der Waals surface area contributed by atoms with E-state index in [1.54, 1.807) is 0 Å². The van der Waals surface area contributed by atoms with Gasteiger partial charge in [-0.1, -0.05) is 15.9 Å². The Bertz CT molecular complexity index is 399. The monoisotopic (exact) mass is 346 g/mol. The Morgan fingerprint density at radius 2 is 1.15 bits per heavy atom. The summed E-state index contributed by atoms with van der Waals surface area (Å²) in [5.41, 5.74) is 0. The Hall–Kier alpha value is -0.820. The largest absolute Gasteiger partial charge is 0.487 e. The van der Waals surface area contributed by atoms with E-state index in [1.807, 2.05) is 18.2 Å². The second-order valence-corrected chi connectivity index (χ2v) is 5.04. The second-order valence-electron chi connectivity index (χ2n) is 4.13. The number of rotatable bonds is 0. The molecule has 0 atom stereocenters. The molecule has 0 spiro atoms. The predicted octanol–water partition coefficient (Wildman–Crippen LogP) is 2.27. The molecule has 6 heteroatoms. The van der Waals surface area contributed by atoms with Gasteiger partial charge >= 0.3 is 0 Å². The molecule has 0 bridgehead atoms. The van der Waals surface area contributed by atoms with Crippen LogP contribution in [0.4, 0.5) is 0 Å². The van der Waals surface area contributed by atoms with Crippen molar-refractivity contribution in [3.05, 3.63) is 22.7 Å². The lowest BCUT2D eigenvalue weighted by Crippen LogP contribution is -2.13. The lowest BCUT2D eigenvalue weighted by atomic mass is 10.3. The zero-order valence-corrected chi connectivity index (χ0v) is 12.9. The van der Waals surface area contributed by atoms with Crippen molar-refractivity contribution in [2.24, 2.45) is 0 Å². The average molecular weight is 347 g/mol. The van der Waals surface area contributed by atoms with E-state index in [0.29, 0.717) is 64.4 Å². The first-order valence-corrected chi connectivity index (χ1v) is 7.44. The van der Waals surface area contributed by atoms with Crippen molar-refractivity contribution in [3.63, 3.8) is 0 Å². The van der Waals surface area contributed by atoms with E-state index in [2.05, 4.69) is 15.9 Å². The number of ether oxygens (including phenoxy) is 5. The molecule has 1 aromatic carbocycles. The summed E-state index contributed by atoms with van der Waals surface area (Å²) in [5.74, 6) is 1.41. The van der Waals surface area contributed by atoms with Crippen molar-refractivity contribution in [1.29, 1.82) is 0 Å². The number of halogens is 1. The number of benzene rings is 1. The summed E-state index contributed by atoms with van der Waals surface area (Å²) in [7, 11) is 0. The fourth-order valence-corrected chi connectivity index (χ4v) is 2.02. The first-order chi connectivity index (χ1) is 9.86. The van der Waals surface area contributed by atoms with Gasteiger partial charge in [0.05, 0.1) is 39.6 Å². The highest BCUT2D eigenvalue weighted by Crippen LogP contribution is 2.30. The minimum atomic E-state index is 0.476. The molecule has 20 heavy (non-hydrogen) atoms. The smallest absolute Gasteiger partial charge is 0.162 e. The van der Waals surface area contributed by atoms with Crippen LogP contribution in [0.25, 0.3) is 0 Å². The molecular weight excluding hydrogens is 328 g/mol. The van der Waals surface area contributed by atoms with Crippen LogP contribution < -0.4 is 9.47 Å². The molecule has 1 heterocycles. The van der Waals surface area contributed by atoms with Crippen molar-refractivity contribution >= 4 is 15.9 Å². The summed E-state index contributed by atoms with van der Waals surface area (Å²) in [5, 5.41) is 0. The van der Waals surface area contributed by atoms with Gasteiger partial charge in [-0.3, -0.25) is 0 Å². The molecule has 0 radical (unpaired) electrons. The third-order valence-electron chi connectivity index (χ3n) is 2.62. The molecule has 0 unspecified atom stereocenters. The van der Waals surface area contributed by atoms with Gasteiger partial charge in [0.15, 0.2) is 11.5 Å². The summed E-state index contributed by atoms with van der Waals surface area (Å²) in [6.45, 7) is 4.27. The molecule has 1 aromatic rings. The summed E-state index contributed by atoms with van der Waals surface area (Å²) in [6, 6.07) is 5.68. The van der Waals surface area contributed by atoms with Crippen LogP contribution in [0.2, 0.25) is 0 Å². The molecule has 1 aliphatic rings. The molecule has 0 aromatic heterocycles. The molecule has 2 rings (SSSR count). The zero-order chi connectivity index (χ0) is 14.0. The van der Waals surface area contributed by atoms with Crippen molar-refractivity contribution in [2.45, 2.75) is 0 Å². The highest BCUT2D eigenvalue weighted by atomic mass is 79.9. The highest BCUT2D eigenvalue weighted by molar-refractivity contribution is 9.10. The van der Waals surface area contributed by atoms with Gasteiger partial charge in [0.25, 0.3) is 0 Å². The van der Waals surface area contributed by atoms with Gasteiger partial charge in [-0.25, -0.2) is 0 Å². The van der Waals surface area contributed by atoms with Crippen molar-refractivity contribution in [1.82, 2.24) is 0 Å². The second kappa shape index (κ2) is 9.18. The van der Waals surface area contributed by atoms with Gasteiger partial charge in [0.1, 0.15) is 13.2 Å². The van der Waals surface area contributed by atoms with E-state index in [4.69, 9.17) is 23.7 Å². The maximum absolute atomic E-state index is 5.68. The average Bonchev–Trinajstić information content (AvgIpc) is 2.45. The van der Waals surface area contributed by atoms with E-state index in [1.165, 1.54) is 0 Å². The summed E-state index contributed by atoms with van der Waals surface area (Å²) >= 11 is 3.42.